The molecule has 2 rings (SSSR count). The van der Waals surface area contributed by atoms with E-state index in [1.54, 1.807) is 21.3 Å². The number of ether oxygens (including phenoxy) is 2. The van der Waals surface area contributed by atoms with Gasteiger partial charge in [-0.1, -0.05) is 24.3 Å². The van der Waals surface area contributed by atoms with Gasteiger partial charge >= 0.3 is 0 Å². The third kappa shape index (κ3) is 8.03. The van der Waals surface area contributed by atoms with Crippen LogP contribution in [0.3, 0.4) is 0 Å². The van der Waals surface area contributed by atoms with Crippen LogP contribution in [-0.2, 0) is 17.9 Å². The Bertz CT molecular complexity index is 766. The Hall–Kier alpha value is -2.49. The number of hydrogen-bond acceptors (Lipinski definition) is 4. The van der Waals surface area contributed by atoms with Gasteiger partial charge < -0.3 is 25.4 Å². The number of carbonyl (C=O) groups excluding carboxylic acids is 1. The van der Waals surface area contributed by atoms with Crippen LogP contribution >= 0.6 is 24.0 Å². The summed E-state index contributed by atoms with van der Waals surface area (Å²) < 4.78 is 10.3. The molecule has 0 aliphatic heterocycles. The lowest BCUT2D eigenvalue weighted by Gasteiger charge is -2.12. The van der Waals surface area contributed by atoms with Crippen LogP contribution in [-0.4, -0.2) is 39.7 Å². The Kier molecular flexibility index (Phi) is 10.8. The van der Waals surface area contributed by atoms with E-state index in [1.807, 2.05) is 48.5 Å². The van der Waals surface area contributed by atoms with E-state index in [2.05, 4.69) is 20.9 Å². The predicted octanol–water partition coefficient (Wildman–Crippen LogP) is 2.30. The van der Waals surface area contributed by atoms with Gasteiger partial charge in [-0.15, -0.1) is 24.0 Å². The topological polar surface area (TPSA) is 84.0 Å². The summed E-state index contributed by atoms with van der Waals surface area (Å²) in [4.78, 5) is 16.1. The molecule has 1 amide bonds. The first-order valence-corrected chi connectivity index (χ1v) is 8.61. The number of nitrogens with one attached hydrogen (secondary N) is 3. The highest BCUT2D eigenvalue weighted by Gasteiger charge is 2.04. The molecular formula is C20H27IN4O3. The molecule has 0 aliphatic carbocycles. The quantitative estimate of drug-likeness (QED) is 0.296. The summed E-state index contributed by atoms with van der Waals surface area (Å²) in [6.45, 7) is 1.17. The van der Waals surface area contributed by atoms with Gasteiger partial charge in [-0.2, -0.15) is 0 Å². The van der Waals surface area contributed by atoms with Gasteiger partial charge in [0.15, 0.2) is 5.96 Å². The van der Waals surface area contributed by atoms with Gasteiger partial charge in [-0.3, -0.25) is 9.79 Å². The maximum absolute atomic E-state index is 12.0. The SMILES string of the molecule is CN=C(NCC(=O)NCc1ccc(OC)cc1)NCc1cccc(OC)c1.I. The summed E-state index contributed by atoms with van der Waals surface area (Å²) in [6.07, 6.45) is 0. The fourth-order valence-electron chi connectivity index (χ4n) is 2.36. The zero-order valence-electron chi connectivity index (χ0n) is 16.3. The molecule has 0 aromatic heterocycles. The molecule has 152 valence electrons. The van der Waals surface area contributed by atoms with E-state index in [1.165, 1.54) is 0 Å². The molecule has 0 atom stereocenters. The van der Waals surface area contributed by atoms with Gasteiger partial charge in [-0.05, 0) is 35.4 Å². The third-order valence-corrected chi connectivity index (χ3v) is 3.88. The second-order valence-corrected chi connectivity index (χ2v) is 5.76. The predicted molar refractivity (Wildman–Crippen MR) is 121 cm³/mol. The van der Waals surface area contributed by atoms with Crippen molar-refractivity contribution in [2.75, 3.05) is 27.8 Å². The molecule has 0 fully saturated rings. The van der Waals surface area contributed by atoms with Crippen LogP contribution in [0, 0.1) is 0 Å². The molecule has 0 radical (unpaired) electrons. The Morgan fingerprint density at radius 1 is 0.893 bits per heavy atom. The van der Waals surface area contributed by atoms with Gasteiger partial charge in [0, 0.05) is 20.1 Å². The monoisotopic (exact) mass is 498 g/mol. The maximum atomic E-state index is 12.0. The first kappa shape index (κ1) is 23.5. The highest BCUT2D eigenvalue weighted by Crippen LogP contribution is 2.12. The number of methoxy groups -OCH3 is 2. The van der Waals surface area contributed by atoms with E-state index >= 15 is 0 Å². The van der Waals surface area contributed by atoms with E-state index < -0.39 is 0 Å². The van der Waals surface area contributed by atoms with E-state index in [0.717, 1.165) is 22.6 Å². The standard InChI is InChI=1S/C20H26N4O3.HI/c1-21-20(23-13-16-5-4-6-18(11-16)27-3)24-14-19(25)22-12-15-7-9-17(26-2)10-8-15;/h4-11H,12-14H2,1-3H3,(H,22,25)(H2,21,23,24);1H. The van der Waals surface area contributed by atoms with Gasteiger partial charge in [0.1, 0.15) is 11.5 Å². The average Bonchev–Trinajstić information content (AvgIpc) is 2.72. The van der Waals surface area contributed by atoms with Crippen molar-refractivity contribution in [3.63, 3.8) is 0 Å². The Morgan fingerprint density at radius 2 is 1.57 bits per heavy atom. The lowest BCUT2D eigenvalue weighted by atomic mass is 10.2. The molecule has 28 heavy (non-hydrogen) atoms. The number of hydrogen-bond donors (Lipinski definition) is 3. The number of rotatable bonds is 8. The summed E-state index contributed by atoms with van der Waals surface area (Å²) in [7, 11) is 4.92. The van der Waals surface area contributed by atoms with Gasteiger partial charge in [0.05, 0.1) is 20.8 Å². The van der Waals surface area contributed by atoms with Crippen molar-refractivity contribution >= 4 is 35.8 Å². The van der Waals surface area contributed by atoms with Crippen LogP contribution < -0.4 is 25.4 Å². The van der Waals surface area contributed by atoms with Crippen LogP contribution in [0.25, 0.3) is 0 Å². The zero-order chi connectivity index (χ0) is 19.5. The molecule has 0 heterocycles. The van der Waals surface area contributed by atoms with Crippen molar-refractivity contribution in [3.05, 3.63) is 59.7 Å². The minimum absolute atomic E-state index is 0. The number of halogens is 1. The first-order valence-electron chi connectivity index (χ1n) is 8.61. The van der Waals surface area contributed by atoms with Crippen molar-refractivity contribution in [1.29, 1.82) is 0 Å². The molecule has 0 saturated carbocycles. The molecule has 2 aromatic carbocycles. The molecule has 2 aromatic rings. The summed E-state index contributed by atoms with van der Waals surface area (Å²) in [5.74, 6) is 2.03. The summed E-state index contributed by atoms with van der Waals surface area (Å²) in [5, 5.41) is 9.03. The van der Waals surface area contributed by atoms with E-state index in [-0.39, 0.29) is 36.4 Å². The van der Waals surface area contributed by atoms with Crippen molar-refractivity contribution < 1.29 is 14.3 Å². The van der Waals surface area contributed by atoms with E-state index in [4.69, 9.17) is 9.47 Å². The number of benzene rings is 2. The number of carbonyl (C=O) groups is 1. The molecular weight excluding hydrogens is 471 g/mol. The highest BCUT2D eigenvalue weighted by molar-refractivity contribution is 14.0. The van der Waals surface area contributed by atoms with E-state index in [9.17, 15) is 4.79 Å². The smallest absolute Gasteiger partial charge is 0.239 e. The fourth-order valence-corrected chi connectivity index (χ4v) is 2.36. The third-order valence-electron chi connectivity index (χ3n) is 3.88. The Balaban J connectivity index is 0.00000392. The zero-order valence-corrected chi connectivity index (χ0v) is 18.7. The van der Waals surface area contributed by atoms with Crippen molar-refractivity contribution in [1.82, 2.24) is 16.0 Å². The number of aliphatic imine (C=N–C) groups is 1. The van der Waals surface area contributed by atoms with Gasteiger partial charge in [-0.25, -0.2) is 0 Å². The second-order valence-electron chi connectivity index (χ2n) is 5.76. The van der Waals surface area contributed by atoms with Crippen LogP contribution in [0.4, 0.5) is 0 Å². The Morgan fingerprint density at radius 3 is 2.21 bits per heavy atom. The molecule has 0 saturated heterocycles. The lowest BCUT2D eigenvalue weighted by Crippen LogP contribution is -2.42. The number of amides is 1. The number of guanidine groups is 1. The molecule has 0 spiro atoms. The van der Waals surface area contributed by atoms with Gasteiger partial charge in [0.2, 0.25) is 5.91 Å². The summed E-state index contributed by atoms with van der Waals surface area (Å²) in [5.41, 5.74) is 2.06. The maximum Gasteiger partial charge on any atom is 0.239 e. The van der Waals surface area contributed by atoms with Crippen molar-refractivity contribution in [2.45, 2.75) is 13.1 Å². The molecule has 0 bridgehead atoms. The lowest BCUT2D eigenvalue weighted by molar-refractivity contribution is -0.120. The van der Waals surface area contributed by atoms with Crippen LogP contribution in [0.1, 0.15) is 11.1 Å². The minimum Gasteiger partial charge on any atom is -0.497 e. The first-order chi connectivity index (χ1) is 13.1. The summed E-state index contributed by atoms with van der Waals surface area (Å²) in [6, 6.07) is 15.3. The van der Waals surface area contributed by atoms with Crippen LogP contribution in [0.15, 0.2) is 53.5 Å². The second kappa shape index (κ2) is 12.8. The van der Waals surface area contributed by atoms with Crippen LogP contribution in [0.5, 0.6) is 11.5 Å². The van der Waals surface area contributed by atoms with Crippen molar-refractivity contribution in [2.24, 2.45) is 4.99 Å². The largest absolute Gasteiger partial charge is 0.497 e. The molecule has 7 nitrogen and oxygen atoms in total. The van der Waals surface area contributed by atoms with E-state index in [0.29, 0.717) is 19.0 Å². The molecule has 8 heteroatoms. The van der Waals surface area contributed by atoms with Gasteiger partial charge in [0.25, 0.3) is 0 Å². The fraction of sp³-hybridized carbons (Fsp3) is 0.300. The molecule has 0 unspecified atom stereocenters. The van der Waals surface area contributed by atoms with Crippen LogP contribution in [0.2, 0.25) is 0 Å². The van der Waals surface area contributed by atoms with Crippen molar-refractivity contribution in [3.8, 4) is 11.5 Å². The Labute approximate surface area is 182 Å². The highest BCUT2D eigenvalue weighted by atomic mass is 127. The molecule has 3 N–H and O–H groups in total. The molecule has 0 aliphatic rings. The number of nitrogens with zero attached hydrogens (tertiary/aromatic N) is 1. The average molecular weight is 498 g/mol. The minimum atomic E-state index is -0.116. The summed E-state index contributed by atoms with van der Waals surface area (Å²) >= 11 is 0. The normalized spacial score (nSPS) is 10.5.